The Labute approximate surface area is 136 Å². The molecule has 0 saturated heterocycles. The van der Waals surface area contributed by atoms with Crippen molar-refractivity contribution in [1.82, 2.24) is 0 Å². The first kappa shape index (κ1) is 18.9. The second-order valence-corrected chi connectivity index (χ2v) is 5.81. The molecule has 1 rings (SSSR count). The Morgan fingerprint density at radius 1 is 1.30 bits per heavy atom. The molecule has 1 amide bonds. The number of anilines is 1. The lowest BCUT2D eigenvalue weighted by Crippen LogP contribution is -2.57. The molecule has 0 unspecified atom stereocenters. The predicted octanol–water partition coefficient (Wildman–Crippen LogP) is 3.12. The summed E-state index contributed by atoms with van der Waals surface area (Å²) in [4.78, 5) is 32.9. The number of hydrogen-bond donors (Lipinski definition) is 1. The highest BCUT2D eigenvalue weighted by Gasteiger charge is 2.52. The molecule has 23 heavy (non-hydrogen) atoms. The van der Waals surface area contributed by atoms with Gasteiger partial charge < -0.3 is 5.11 Å². The Morgan fingerprint density at radius 2 is 1.83 bits per heavy atom. The van der Waals surface area contributed by atoms with Crippen LogP contribution >= 0.6 is 15.9 Å². The standard InChI is InChI=1S/C12H10BrF3N2O5/c1-11(2,10(20)21)17(9(19)12(14,15)16)8-5-6(13)3-4-7(8)18(22)23/h3-5H,1-2H3,(H,20,21). The topological polar surface area (TPSA) is 101 Å². The smallest absolute Gasteiger partial charge is 0.471 e. The normalized spacial score (nSPS) is 11.9. The maximum atomic E-state index is 12.8. The van der Waals surface area contributed by atoms with Gasteiger partial charge >= 0.3 is 18.1 Å². The highest BCUT2D eigenvalue weighted by Crippen LogP contribution is 2.38. The van der Waals surface area contributed by atoms with Crippen LogP contribution in [0, 0.1) is 10.1 Å². The first-order valence-electron chi connectivity index (χ1n) is 5.89. The number of carboxylic acids is 1. The number of rotatable bonds is 4. The summed E-state index contributed by atoms with van der Waals surface area (Å²) in [6.45, 7) is 1.67. The van der Waals surface area contributed by atoms with Gasteiger partial charge in [-0.2, -0.15) is 13.2 Å². The minimum atomic E-state index is -5.41. The largest absolute Gasteiger partial charge is 0.480 e. The van der Waals surface area contributed by atoms with Gasteiger partial charge in [-0.05, 0) is 26.0 Å². The minimum absolute atomic E-state index is 0.138. The Morgan fingerprint density at radius 3 is 2.22 bits per heavy atom. The second kappa shape index (κ2) is 6.14. The molecule has 0 spiro atoms. The molecule has 0 aromatic heterocycles. The van der Waals surface area contributed by atoms with Crippen LogP contribution in [0.15, 0.2) is 22.7 Å². The molecular weight excluding hydrogens is 389 g/mol. The monoisotopic (exact) mass is 398 g/mol. The predicted molar refractivity (Wildman–Crippen MR) is 76.1 cm³/mol. The number of benzene rings is 1. The summed E-state index contributed by atoms with van der Waals surface area (Å²) in [6, 6.07) is 2.94. The highest BCUT2D eigenvalue weighted by molar-refractivity contribution is 9.10. The molecule has 0 fully saturated rings. The number of halogens is 4. The molecule has 0 aliphatic heterocycles. The number of carbonyl (C=O) groups is 2. The van der Waals surface area contributed by atoms with E-state index in [1.807, 2.05) is 0 Å². The van der Waals surface area contributed by atoms with Gasteiger partial charge in [0.15, 0.2) is 0 Å². The summed E-state index contributed by atoms with van der Waals surface area (Å²) in [7, 11) is 0. The van der Waals surface area contributed by atoms with Gasteiger partial charge in [-0.15, -0.1) is 0 Å². The molecule has 0 aliphatic carbocycles. The zero-order valence-electron chi connectivity index (χ0n) is 11.7. The molecule has 1 N–H and O–H groups in total. The molecule has 0 atom stereocenters. The van der Waals surface area contributed by atoms with Crippen molar-refractivity contribution in [3.05, 3.63) is 32.8 Å². The van der Waals surface area contributed by atoms with E-state index in [-0.39, 0.29) is 9.37 Å². The van der Waals surface area contributed by atoms with Crippen LogP contribution in [-0.2, 0) is 9.59 Å². The SMILES string of the molecule is CC(C)(C(=O)O)N(C(=O)C(F)(F)F)c1cc(Br)ccc1[N+](=O)[O-]. The van der Waals surface area contributed by atoms with E-state index in [2.05, 4.69) is 15.9 Å². The van der Waals surface area contributed by atoms with Gasteiger partial charge in [-0.3, -0.25) is 19.8 Å². The zero-order valence-corrected chi connectivity index (χ0v) is 13.3. The lowest BCUT2D eigenvalue weighted by atomic mass is 10.0. The van der Waals surface area contributed by atoms with Gasteiger partial charge in [0.25, 0.3) is 5.69 Å². The molecule has 126 valence electrons. The quantitative estimate of drug-likeness (QED) is 0.620. The van der Waals surface area contributed by atoms with Crippen molar-refractivity contribution in [2.75, 3.05) is 4.90 Å². The molecule has 0 bridgehead atoms. The minimum Gasteiger partial charge on any atom is -0.480 e. The molecule has 0 radical (unpaired) electrons. The number of nitro benzene ring substituents is 1. The summed E-state index contributed by atoms with van der Waals surface area (Å²) < 4.78 is 38.7. The molecular formula is C12H10BrF3N2O5. The summed E-state index contributed by atoms with van der Waals surface area (Å²) >= 11 is 2.93. The summed E-state index contributed by atoms with van der Waals surface area (Å²) in [6.07, 6.45) is -5.41. The van der Waals surface area contributed by atoms with Crippen LogP contribution < -0.4 is 4.90 Å². The third kappa shape index (κ3) is 3.78. The van der Waals surface area contributed by atoms with Crippen molar-refractivity contribution in [3.63, 3.8) is 0 Å². The van der Waals surface area contributed by atoms with E-state index in [1.54, 1.807) is 0 Å². The Balaban J connectivity index is 3.73. The number of carboxylic acid groups (broad SMARTS) is 1. The number of aliphatic carboxylic acids is 1. The molecule has 0 aliphatic rings. The van der Waals surface area contributed by atoms with Gasteiger partial charge in [0.05, 0.1) is 4.92 Å². The van der Waals surface area contributed by atoms with E-state index < -0.39 is 39.9 Å². The van der Waals surface area contributed by atoms with Crippen molar-refractivity contribution in [1.29, 1.82) is 0 Å². The van der Waals surface area contributed by atoms with Crippen molar-refractivity contribution in [2.24, 2.45) is 0 Å². The fourth-order valence-electron chi connectivity index (χ4n) is 1.72. The maximum Gasteiger partial charge on any atom is 0.471 e. The molecule has 1 aromatic rings. The number of amides is 1. The van der Waals surface area contributed by atoms with Crippen molar-refractivity contribution in [2.45, 2.75) is 25.6 Å². The number of hydrogen-bond acceptors (Lipinski definition) is 4. The van der Waals surface area contributed by atoms with E-state index in [4.69, 9.17) is 5.11 Å². The lowest BCUT2D eigenvalue weighted by molar-refractivity contribution is -0.384. The molecule has 0 heterocycles. The molecule has 1 aromatic carbocycles. The zero-order chi connectivity index (χ0) is 18.2. The average molecular weight is 399 g/mol. The summed E-state index contributed by atoms with van der Waals surface area (Å²) in [5, 5.41) is 20.2. The van der Waals surface area contributed by atoms with Crippen LogP contribution in [0.5, 0.6) is 0 Å². The van der Waals surface area contributed by atoms with Crippen LogP contribution in [0.1, 0.15) is 13.8 Å². The van der Waals surface area contributed by atoms with Gasteiger partial charge in [-0.25, -0.2) is 4.79 Å². The summed E-state index contributed by atoms with van der Waals surface area (Å²) in [5.74, 6) is -4.28. The van der Waals surface area contributed by atoms with Crippen LogP contribution in [0.2, 0.25) is 0 Å². The third-order valence-corrected chi connectivity index (χ3v) is 3.40. The van der Waals surface area contributed by atoms with Crippen LogP contribution in [0.3, 0.4) is 0 Å². The van der Waals surface area contributed by atoms with E-state index in [0.717, 1.165) is 26.0 Å². The van der Waals surface area contributed by atoms with Crippen molar-refractivity contribution < 1.29 is 32.8 Å². The lowest BCUT2D eigenvalue weighted by Gasteiger charge is -2.35. The number of nitro groups is 1. The molecule has 0 saturated carbocycles. The third-order valence-electron chi connectivity index (χ3n) is 2.90. The molecule has 11 heteroatoms. The number of nitrogens with zero attached hydrogens (tertiary/aromatic N) is 2. The van der Waals surface area contributed by atoms with E-state index in [1.165, 1.54) is 6.07 Å². The Kier molecular flexibility index (Phi) is 5.04. The first-order valence-corrected chi connectivity index (χ1v) is 6.68. The van der Waals surface area contributed by atoms with E-state index >= 15 is 0 Å². The Bertz CT molecular complexity index is 675. The van der Waals surface area contributed by atoms with E-state index in [9.17, 15) is 32.9 Å². The van der Waals surface area contributed by atoms with Crippen molar-refractivity contribution in [3.8, 4) is 0 Å². The average Bonchev–Trinajstić information content (AvgIpc) is 2.36. The highest BCUT2D eigenvalue weighted by atomic mass is 79.9. The molecule has 7 nitrogen and oxygen atoms in total. The summed E-state index contributed by atoms with van der Waals surface area (Å²) in [5.41, 5.74) is -3.99. The van der Waals surface area contributed by atoms with Crippen LogP contribution in [0.4, 0.5) is 24.5 Å². The van der Waals surface area contributed by atoms with Gasteiger partial charge in [0, 0.05) is 10.5 Å². The number of alkyl halides is 3. The van der Waals surface area contributed by atoms with Crippen molar-refractivity contribution >= 4 is 39.2 Å². The van der Waals surface area contributed by atoms with E-state index in [0.29, 0.717) is 0 Å². The fraction of sp³-hybridized carbons (Fsp3) is 0.333. The number of carbonyl (C=O) groups excluding carboxylic acids is 1. The Hall–Kier alpha value is -2.17. The van der Waals surface area contributed by atoms with Gasteiger partial charge in [-0.1, -0.05) is 15.9 Å². The van der Waals surface area contributed by atoms with Crippen LogP contribution in [0.25, 0.3) is 0 Å². The van der Waals surface area contributed by atoms with Crippen LogP contribution in [-0.4, -0.2) is 33.6 Å². The maximum absolute atomic E-state index is 12.8. The van der Waals surface area contributed by atoms with Gasteiger partial charge in [0.2, 0.25) is 0 Å². The second-order valence-electron chi connectivity index (χ2n) is 4.89. The fourth-order valence-corrected chi connectivity index (χ4v) is 2.07. The van der Waals surface area contributed by atoms with Gasteiger partial charge in [0.1, 0.15) is 11.2 Å². The first-order chi connectivity index (χ1) is 10.3.